The van der Waals surface area contributed by atoms with Gasteiger partial charge in [-0.1, -0.05) is 36.4 Å². The largest absolute Gasteiger partial charge is 0.322 e. The summed E-state index contributed by atoms with van der Waals surface area (Å²) in [6, 6.07) is 23.1. The molecule has 0 aliphatic rings. The lowest BCUT2D eigenvalue weighted by Gasteiger charge is -2.01. The maximum Gasteiger partial charge on any atom is 0.248 e. The molecule has 1 heterocycles. The lowest BCUT2D eigenvalue weighted by atomic mass is 10.2. The van der Waals surface area contributed by atoms with Gasteiger partial charge in [0.15, 0.2) is 0 Å². The van der Waals surface area contributed by atoms with Crippen molar-refractivity contribution < 1.29 is 4.79 Å². The standard InChI is InChI=1S/C20H14N2OS/c21-14-15-5-4-8-17(13-15)22-20(23)12-10-18-9-11-19(24-18)16-6-2-1-3-7-16/h1-13H,(H,22,23)/b12-10+. The molecule has 0 atom stereocenters. The van der Waals surface area contributed by atoms with E-state index in [1.54, 1.807) is 41.7 Å². The van der Waals surface area contributed by atoms with E-state index < -0.39 is 0 Å². The van der Waals surface area contributed by atoms with E-state index in [1.165, 1.54) is 11.6 Å². The fourth-order valence-electron chi connectivity index (χ4n) is 2.21. The minimum absolute atomic E-state index is 0.222. The summed E-state index contributed by atoms with van der Waals surface area (Å²) < 4.78 is 0. The molecule has 0 saturated heterocycles. The average Bonchev–Trinajstić information content (AvgIpc) is 3.10. The second kappa shape index (κ2) is 7.40. The third-order valence-electron chi connectivity index (χ3n) is 3.34. The molecule has 116 valence electrons. The van der Waals surface area contributed by atoms with Gasteiger partial charge < -0.3 is 5.32 Å². The van der Waals surface area contributed by atoms with Crippen molar-refractivity contribution in [3.05, 3.63) is 83.2 Å². The van der Waals surface area contributed by atoms with Gasteiger partial charge >= 0.3 is 0 Å². The number of anilines is 1. The summed E-state index contributed by atoms with van der Waals surface area (Å²) in [6.07, 6.45) is 3.29. The van der Waals surface area contributed by atoms with Gasteiger partial charge in [-0.05, 0) is 42.0 Å². The summed E-state index contributed by atoms with van der Waals surface area (Å²) >= 11 is 1.63. The normalized spacial score (nSPS) is 10.5. The van der Waals surface area contributed by atoms with E-state index in [9.17, 15) is 4.79 Å². The minimum atomic E-state index is -0.222. The quantitative estimate of drug-likeness (QED) is 0.689. The summed E-state index contributed by atoms with van der Waals surface area (Å²) in [7, 11) is 0. The maximum atomic E-state index is 12.0. The molecule has 0 unspecified atom stereocenters. The Morgan fingerprint density at radius 2 is 1.88 bits per heavy atom. The fraction of sp³-hybridized carbons (Fsp3) is 0. The Morgan fingerprint density at radius 1 is 1.04 bits per heavy atom. The van der Waals surface area contributed by atoms with Gasteiger partial charge in [-0.2, -0.15) is 5.26 Å². The van der Waals surface area contributed by atoms with Crippen molar-refractivity contribution in [2.24, 2.45) is 0 Å². The van der Waals surface area contributed by atoms with E-state index in [-0.39, 0.29) is 5.91 Å². The van der Waals surface area contributed by atoms with Crippen LogP contribution in [0.25, 0.3) is 16.5 Å². The molecule has 0 spiro atoms. The highest BCUT2D eigenvalue weighted by Gasteiger charge is 2.02. The van der Waals surface area contributed by atoms with Crippen molar-refractivity contribution in [3.8, 4) is 16.5 Å². The number of carbonyl (C=O) groups is 1. The predicted octanol–water partition coefficient (Wildman–Crippen LogP) is 4.94. The van der Waals surface area contributed by atoms with Crippen molar-refractivity contribution >= 4 is 29.0 Å². The van der Waals surface area contributed by atoms with Crippen LogP contribution in [-0.4, -0.2) is 5.91 Å². The summed E-state index contributed by atoms with van der Waals surface area (Å²) in [5.41, 5.74) is 2.29. The second-order valence-corrected chi connectivity index (χ2v) is 6.20. The molecule has 0 fully saturated rings. The number of hydrogen-bond donors (Lipinski definition) is 1. The molecule has 3 aromatic rings. The molecular weight excluding hydrogens is 316 g/mol. The number of nitrogens with zero attached hydrogens (tertiary/aromatic N) is 1. The highest BCUT2D eigenvalue weighted by Crippen LogP contribution is 2.28. The van der Waals surface area contributed by atoms with Crippen LogP contribution in [0.15, 0.2) is 72.8 Å². The highest BCUT2D eigenvalue weighted by molar-refractivity contribution is 7.16. The Labute approximate surface area is 144 Å². The van der Waals surface area contributed by atoms with Crippen molar-refractivity contribution in [1.82, 2.24) is 0 Å². The molecule has 1 amide bonds. The highest BCUT2D eigenvalue weighted by atomic mass is 32.1. The zero-order chi connectivity index (χ0) is 16.8. The molecule has 4 heteroatoms. The minimum Gasteiger partial charge on any atom is -0.322 e. The average molecular weight is 330 g/mol. The Balaban J connectivity index is 1.66. The number of benzene rings is 2. The van der Waals surface area contributed by atoms with E-state index in [1.807, 2.05) is 36.4 Å². The Morgan fingerprint density at radius 3 is 2.67 bits per heavy atom. The molecule has 0 saturated carbocycles. The van der Waals surface area contributed by atoms with Crippen LogP contribution in [0, 0.1) is 11.3 Å². The van der Waals surface area contributed by atoms with Crippen LogP contribution in [0.1, 0.15) is 10.4 Å². The van der Waals surface area contributed by atoms with Gasteiger partial charge in [0.25, 0.3) is 0 Å². The molecule has 1 aromatic heterocycles. The summed E-state index contributed by atoms with van der Waals surface area (Å²) in [5.74, 6) is -0.222. The van der Waals surface area contributed by atoms with Crippen LogP contribution < -0.4 is 5.32 Å². The summed E-state index contributed by atoms with van der Waals surface area (Å²) in [6.45, 7) is 0. The third kappa shape index (κ3) is 3.97. The van der Waals surface area contributed by atoms with E-state index in [2.05, 4.69) is 17.4 Å². The number of thiophene rings is 1. The van der Waals surface area contributed by atoms with Gasteiger partial charge in [0.05, 0.1) is 11.6 Å². The SMILES string of the molecule is N#Cc1cccc(NC(=O)/C=C/c2ccc(-c3ccccc3)s2)c1. The third-order valence-corrected chi connectivity index (χ3v) is 4.44. The van der Waals surface area contributed by atoms with Gasteiger partial charge in [-0.3, -0.25) is 4.79 Å². The first-order valence-electron chi connectivity index (χ1n) is 7.39. The number of nitriles is 1. The zero-order valence-corrected chi connectivity index (χ0v) is 13.6. The molecule has 0 aliphatic carbocycles. The van der Waals surface area contributed by atoms with Crippen LogP contribution in [0.5, 0.6) is 0 Å². The molecule has 24 heavy (non-hydrogen) atoms. The number of rotatable bonds is 4. The zero-order valence-electron chi connectivity index (χ0n) is 12.8. The smallest absolute Gasteiger partial charge is 0.248 e. The lowest BCUT2D eigenvalue weighted by Crippen LogP contribution is -2.07. The first kappa shape index (κ1) is 15.7. The Kier molecular flexibility index (Phi) is 4.85. The topological polar surface area (TPSA) is 52.9 Å². The molecule has 0 radical (unpaired) electrons. The Bertz CT molecular complexity index is 920. The number of amides is 1. The number of carbonyl (C=O) groups excluding carboxylic acids is 1. The van der Waals surface area contributed by atoms with Crippen LogP contribution in [0.3, 0.4) is 0 Å². The van der Waals surface area contributed by atoms with Crippen molar-refractivity contribution in [3.63, 3.8) is 0 Å². The van der Waals surface area contributed by atoms with Crippen molar-refractivity contribution in [2.75, 3.05) is 5.32 Å². The maximum absolute atomic E-state index is 12.0. The van der Waals surface area contributed by atoms with Gasteiger partial charge in [0.1, 0.15) is 0 Å². The molecule has 0 aliphatic heterocycles. The van der Waals surface area contributed by atoms with Crippen LogP contribution >= 0.6 is 11.3 Å². The van der Waals surface area contributed by atoms with Gasteiger partial charge in [-0.25, -0.2) is 0 Å². The lowest BCUT2D eigenvalue weighted by molar-refractivity contribution is -0.111. The van der Waals surface area contributed by atoms with Crippen molar-refractivity contribution in [1.29, 1.82) is 5.26 Å². The second-order valence-electron chi connectivity index (χ2n) is 5.08. The Hall–Kier alpha value is -3.16. The number of hydrogen-bond acceptors (Lipinski definition) is 3. The van der Waals surface area contributed by atoms with Crippen LogP contribution in [0.2, 0.25) is 0 Å². The van der Waals surface area contributed by atoms with E-state index in [0.29, 0.717) is 11.3 Å². The van der Waals surface area contributed by atoms with Crippen molar-refractivity contribution in [2.45, 2.75) is 0 Å². The summed E-state index contributed by atoms with van der Waals surface area (Å²) in [4.78, 5) is 14.2. The molecule has 3 nitrogen and oxygen atoms in total. The van der Waals surface area contributed by atoms with E-state index in [4.69, 9.17) is 5.26 Å². The molecule has 1 N–H and O–H groups in total. The van der Waals surface area contributed by atoms with Crippen LogP contribution in [-0.2, 0) is 4.79 Å². The van der Waals surface area contributed by atoms with Crippen LogP contribution in [0.4, 0.5) is 5.69 Å². The fourth-order valence-corrected chi connectivity index (χ4v) is 3.12. The molecule has 0 bridgehead atoms. The van der Waals surface area contributed by atoms with Gasteiger partial charge in [0, 0.05) is 21.5 Å². The van der Waals surface area contributed by atoms with Gasteiger partial charge in [-0.15, -0.1) is 11.3 Å². The number of nitrogens with one attached hydrogen (secondary N) is 1. The van der Waals surface area contributed by atoms with E-state index >= 15 is 0 Å². The molecule has 2 aromatic carbocycles. The first-order valence-corrected chi connectivity index (χ1v) is 8.21. The predicted molar refractivity (Wildman–Crippen MR) is 98.6 cm³/mol. The summed E-state index contributed by atoms with van der Waals surface area (Å²) in [5, 5.41) is 11.6. The van der Waals surface area contributed by atoms with E-state index in [0.717, 1.165) is 9.75 Å². The molecule has 3 rings (SSSR count). The van der Waals surface area contributed by atoms with Gasteiger partial charge in [0.2, 0.25) is 5.91 Å². The first-order chi connectivity index (χ1) is 11.7. The molecular formula is C20H14N2OS. The monoisotopic (exact) mass is 330 g/mol.